The molecule has 4 heteroatoms. The molecule has 104 valence electrons. The molecule has 1 heterocycles. The predicted octanol–water partition coefficient (Wildman–Crippen LogP) is 2.34. The van der Waals surface area contributed by atoms with E-state index in [-0.39, 0.29) is 18.1 Å². The summed E-state index contributed by atoms with van der Waals surface area (Å²) in [6.45, 7) is 6.88. The van der Waals surface area contributed by atoms with Gasteiger partial charge in [0.1, 0.15) is 5.75 Å². The number of fused-ring (bicyclic) bond motifs is 1. The van der Waals surface area contributed by atoms with E-state index in [1.54, 1.807) is 0 Å². The quantitative estimate of drug-likeness (QED) is 0.879. The molecule has 0 saturated heterocycles. The number of ether oxygens (including phenoxy) is 1. The van der Waals surface area contributed by atoms with Gasteiger partial charge in [-0.05, 0) is 45.2 Å². The molecule has 0 aromatic heterocycles. The third-order valence-electron chi connectivity index (χ3n) is 2.91. The Kier molecular flexibility index (Phi) is 3.98. The minimum Gasteiger partial charge on any atom is -0.482 e. The molecule has 19 heavy (non-hydrogen) atoms. The van der Waals surface area contributed by atoms with Crippen molar-refractivity contribution >= 4 is 11.6 Å². The Hall–Kier alpha value is -1.71. The molecule has 0 unspecified atom stereocenters. The van der Waals surface area contributed by atoms with Crippen molar-refractivity contribution in [1.82, 2.24) is 5.32 Å². The first kappa shape index (κ1) is 13.7. The lowest BCUT2D eigenvalue weighted by atomic mass is 10.0. The van der Waals surface area contributed by atoms with Gasteiger partial charge >= 0.3 is 0 Å². The van der Waals surface area contributed by atoms with E-state index in [1.165, 1.54) is 5.56 Å². The van der Waals surface area contributed by atoms with Gasteiger partial charge in [-0.15, -0.1) is 0 Å². The average molecular weight is 262 g/mol. The lowest BCUT2D eigenvalue weighted by Crippen LogP contribution is -2.43. The Labute approximate surface area is 114 Å². The second kappa shape index (κ2) is 5.51. The van der Waals surface area contributed by atoms with E-state index < -0.39 is 0 Å². The second-order valence-electron chi connectivity index (χ2n) is 5.91. The normalized spacial score (nSPS) is 14.3. The van der Waals surface area contributed by atoms with Crippen LogP contribution >= 0.6 is 0 Å². The lowest BCUT2D eigenvalue weighted by molar-refractivity contribution is -0.124. The predicted molar refractivity (Wildman–Crippen MR) is 76.6 cm³/mol. The number of aryl methyl sites for hydroxylation is 1. The number of nitrogens with one attached hydrogen (secondary N) is 2. The van der Waals surface area contributed by atoms with E-state index in [2.05, 4.69) is 16.7 Å². The Balaban J connectivity index is 1.98. The van der Waals surface area contributed by atoms with Gasteiger partial charge in [-0.1, -0.05) is 12.1 Å². The molecule has 0 aliphatic carbocycles. The van der Waals surface area contributed by atoms with E-state index in [0.717, 1.165) is 30.8 Å². The van der Waals surface area contributed by atoms with Crippen molar-refractivity contribution in [3.8, 4) is 5.75 Å². The van der Waals surface area contributed by atoms with E-state index >= 15 is 0 Å². The summed E-state index contributed by atoms with van der Waals surface area (Å²) < 4.78 is 5.64. The molecule has 0 fully saturated rings. The van der Waals surface area contributed by atoms with Crippen molar-refractivity contribution < 1.29 is 9.53 Å². The third kappa shape index (κ3) is 3.88. The van der Waals surface area contributed by atoms with E-state index in [0.29, 0.717) is 0 Å². The summed E-state index contributed by atoms with van der Waals surface area (Å²) in [5.41, 5.74) is 2.08. The van der Waals surface area contributed by atoms with Crippen LogP contribution in [0.4, 0.5) is 5.69 Å². The van der Waals surface area contributed by atoms with E-state index in [1.807, 2.05) is 32.9 Å². The largest absolute Gasteiger partial charge is 0.482 e. The van der Waals surface area contributed by atoms with Gasteiger partial charge in [0.2, 0.25) is 0 Å². The summed E-state index contributed by atoms with van der Waals surface area (Å²) >= 11 is 0. The molecule has 2 rings (SSSR count). The number of carbonyl (C=O) groups is 1. The molecule has 0 saturated carbocycles. The van der Waals surface area contributed by atoms with Gasteiger partial charge < -0.3 is 15.4 Å². The monoisotopic (exact) mass is 262 g/mol. The number of para-hydroxylation sites is 1. The SMILES string of the molecule is CC(C)(C)NC(=O)COc1cccc2c1NCCC2. The molecular formula is C15H22N2O2. The van der Waals surface area contributed by atoms with E-state index in [9.17, 15) is 4.79 Å². The van der Waals surface area contributed by atoms with E-state index in [4.69, 9.17) is 4.74 Å². The van der Waals surface area contributed by atoms with Crippen LogP contribution in [-0.2, 0) is 11.2 Å². The number of rotatable bonds is 3. The number of carbonyl (C=O) groups excluding carboxylic acids is 1. The summed E-state index contributed by atoms with van der Waals surface area (Å²) in [6, 6.07) is 5.98. The second-order valence-corrected chi connectivity index (χ2v) is 5.91. The molecule has 0 atom stereocenters. The zero-order valence-corrected chi connectivity index (χ0v) is 11.9. The first-order chi connectivity index (χ1) is 8.96. The van der Waals surface area contributed by atoms with Crippen LogP contribution in [-0.4, -0.2) is 24.6 Å². The molecule has 2 N–H and O–H groups in total. The smallest absolute Gasteiger partial charge is 0.258 e. The Bertz CT molecular complexity index is 464. The van der Waals surface area contributed by atoms with Crippen LogP contribution in [0.1, 0.15) is 32.8 Å². The van der Waals surface area contributed by atoms with Crippen LogP contribution in [0.2, 0.25) is 0 Å². The van der Waals surface area contributed by atoms with Crippen molar-refractivity contribution in [2.24, 2.45) is 0 Å². The van der Waals surface area contributed by atoms with Gasteiger partial charge in [-0.25, -0.2) is 0 Å². The minimum absolute atomic E-state index is 0.0510. The zero-order chi connectivity index (χ0) is 13.9. The van der Waals surface area contributed by atoms with Crippen LogP contribution < -0.4 is 15.4 Å². The fourth-order valence-electron chi connectivity index (χ4n) is 2.20. The molecule has 0 spiro atoms. The van der Waals surface area contributed by atoms with Crippen LogP contribution in [0, 0.1) is 0 Å². The van der Waals surface area contributed by atoms with Crippen LogP contribution in [0.25, 0.3) is 0 Å². The molecule has 1 aliphatic rings. The highest BCUT2D eigenvalue weighted by Crippen LogP contribution is 2.31. The topological polar surface area (TPSA) is 50.4 Å². The Morgan fingerprint density at radius 1 is 1.42 bits per heavy atom. The van der Waals surface area contributed by atoms with Crippen LogP contribution in [0.15, 0.2) is 18.2 Å². The highest BCUT2D eigenvalue weighted by Gasteiger charge is 2.16. The summed E-state index contributed by atoms with van der Waals surface area (Å²) in [4.78, 5) is 11.7. The Morgan fingerprint density at radius 3 is 2.95 bits per heavy atom. The van der Waals surface area contributed by atoms with Crippen molar-refractivity contribution in [2.75, 3.05) is 18.5 Å². The standard InChI is InChI=1S/C15H22N2O2/c1-15(2,3)17-13(18)10-19-12-8-4-6-11-7-5-9-16-14(11)12/h4,6,8,16H,5,7,9-10H2,1-3H3,(H,17,18). The molecule has 1 aliphatic heterocycles. The van der Waals surface area contributed by atoms with Crippen molar-refractivity contribution in [3.05, 3.63) is 23.8 Å². The molecule has 0 bridgehead atoms. The minimum atomic E-state index is -0.227. The number of benzene rings is 1. The van der Waals surface area contributed by atoms with Gasteiger partial charge in [0.15, 0.2) is 6.61 Å². The van der Waals surface area contributed by atoms with Gasteiger partial charge in [-0.2, -0.15) is 0 Å². The molecule has 4 nitrogen and oxygen atoms in total. The zero-order valence-electron chi connectivity index (χ0n) is 11.9. The molecule has 0 radical (unpaired) electrons. The maximum atomic E-state index is 11.7. The highest BCUT2D eigenvalue weighted by molar-refractivity contribution is 5.78. The van der Waals surface area contributed by atoms with Crippen LogP contribution in [0.3, 0.4) is 0 Å². The molecule has 1 aromatic rings. The highest BCUT2D eigenvalue weighted by atomic mass is 16.5. The summed E-state index contributed by atoms with van der Waals surface area (Å²) in [5.74, 6) is 0.669. The number of hydrogen-bond donors (Lipinski definition) is 2. The fourth-order valence-corrected chi connectivity index (χ4v) is 2.20. The summed E-state index contributed by atoms with van der Waals surface area (Å²) in [7, 11) is 0. The van der Waals surface area contributed by atoms with Gasteiger partial charge in [-0.3, -0.25) is 4.79 Å². The number of anilines is 1. The third-order valence-corrected chi connectivity index (χ3v) is 2.91. The van der Waals surface area contributed by atoms with Crippen molar-refractivity contribution in [3.63, 3.8) is 0 Å². The van der Waals surface area contributed by atoms with Crippen molar-refractivity contribution in [2.45, 2.75) is 39.2 Å². The Morgan fingerprint density at radius 2 is 2.21 bits per heavy atom. The van der Waals surface area contributed by atoms with Crippen LogP contribution in [0.5, 0.6) is 5.75 Å². The van der Waals surface area contributed by atoms with Gasteiger partial charge in [0.25, 0.3) is 5.91 Å². The molecule has 1 amide bonds. The maximum Gasteiger partial charge on any atom is 0.258 e. The molecular weight excluding hydrogens is 240 g/mol. The lowest BCUT2D eigenvalue weighted by Gasteiger charge is -2.23. The van der Waals surface area contributed by atoms with Gasteiger partial charge in [0.05, 0.1) is 5.69 Å². The van der Waals surface area contributed by atoms with Crippen molar-refractivity contribution in [1.29, 1.82) is 0 Å². The maximum absolute atomic E-state index is 11.7. The summed E-state index contributed by atoms with van der Waals surface area (Å²) in [5, 5.41) is 6.23. The first-order valence-electron chi connectivity index (χ1n) is 6.75. The molecule has 1 aromatic carbocycles. The average Bonchev–Trinajstić information content (AvgIpc) is 2.34. The van der Waals surface area contributed by atoms with Gasteiger partial charge in [0, 0.05) is 12.1 Å². The number of hydrogen-bond acceptors (Lipinski definition) is 3. The fraction of sp³-hybridized carbons (Fsp3) is 0.533. The first-order valence-corrected chi connectivity index (χ1v) is 6.75. The summed E-state index contributed by atoms with van der Waals surface area (Å²) in [6.07, 6.45) is 2.20. The number of amides is 1.